The predicted octanol–water partition coefficient (Wildman–Crippen LogP) is 0.497. The maximum Gasteiger partial charge on any atom is 0.347 e. The standard InChI is InChI=1S/C27H34NO6.CH4.BrH/c1-15-11-17(7-9-22(15)31-5)27(30,18-8-10-23(32-6)16(2)12-18)26(29)33-19-13-20-24-25(34-24)21(14-19)28(20,3)4;;/h7-12,19-21,24-25,30H,13-14H2,1-6H3;1H4;1H/q+1;;/p-1/t19?,20-,21?,24+,25?;;/m0../s1. The van der Waals surface area contributed by atoms with Gasteiger partial charge in [-0.25, -0.2) is 4.79 Å². The minimum Gasteiger partial charge on any atom is -1.00 e. The lowest BCUT2D eigenvalue weighted by Crippen LogP contribution is -3.00. The normalized spacial score (nSPS) is 27.1. The molecule has 3 heterocycles. The van der Waals surface area contributed by atoms with E-state index in [1.807, 2.05) is 13.8 Å². The molecule has 3 fully saturated rings. The number of fused-ring (bicyclic) bond motifs is 5. The quantitative estimate of drug-likeness (QED) is 0.313. The van der Waals surface area contributed by atoms with Crippen molar-refractivity contribution in [3.8, 4) is 11.5 Å². The largest absolute Gasteiger partial charge is 1.00 e. The number of likely N-dealkylation sites (N-methyl/N-ethyl adjacent to an activating group) is 1. The number of piperidine rings is 1. The van der Waals surface area contributed by atoms with Gasteiger partial charge in [0.15, 0.2) is 0 Å². The van der Waals surface area contributed by atoms with E-state index in [0.29, 0.717) is 34.7 Å². The zero-order chi connectivity index (χ0) is 24.4. The van der Waals surface area contributed by atoms with Crippen molar-refractivity contribution in [1.29, 1.82) is 0 Å². The number of hydrogen-bond donors (Lipinski definition) is 1. The zero-order valence-corrected chi connectivity index (χ0v) is 22.7. The Morgan fingerprint density at radius 2 is 1.39 bits per heavy atom. The molecule has 0 aliphatic carbocycles. The van der Waals surface area contributed by atoms with Crippen LogP contribution in [0.1, 0.15) is 42.5 Å². The van der Waals surface area contributed by atoms with Crippen LogP contribution in [0.4, 0.5) is 0 Å². The Kier molecular flexibility index (Phi) is 7.88. The first-order chi connectivity index (χ1) is 16.1. The number of benzene rings is 2. The first-order valence-corrected chi connectivity index (χ1v) is 11.8. The molecule has 0 radical (unpaired) electrons. The molecule has 0 amide bonds. The van der Waals surface area contributed by atoms with Crippen molar-refractivity contribution in [2.45, 2.75) is 70.1 Å². The highest BCUT2D eigenvalue weighted by atomic mass is 79.9. The van der Waals surface area contributed by atoms with Crippen molar-refractivity contribution in [2.24, 2.45) is 0 Å². The predicted molar refractivity (Wildman–Crippen MR) is 133 cm³/mol. The molecule has 5 rings (SSSR count). The average Bonchev–Trinajstić information content (AvgIpc) is 3.57. The molecule has 3 saturated heterocycles. The van der Waals surface area contributed by atoms with Crippen molar-refractivity contribution in [3.63, 3.8) is 0 Å². The Hall–Kier alpha value is -2.13. The van der Waals surface area contributed by atoms with Gasteiger partial charge in [-0.1, -0.05) is 19.6 Å². The van der Waals surface area contributed by atoms with Crippen molar-refractivity contribution in [2.75, 3.05) is 28.3 Å². The van der Waals surface area contributed by atoms with Crippen molar-refractivity contribution >= 4 is 5.97 Å². The minimum atomic E-state index is -1.96. The number of carbonyl (C=O) groups excluding carboxylic acids is 1. The second-order valence-electron chi connectivity index (χ2n) is 10.4. The highest BCUT2D eigenvalue weighted by Crippen LogP contribution is 2.52. The number of esters is 1. The van der Waals surface area contributed by atoms with Crippen LogP contribution in [0.3, 0.4) is 0 Å². The first kappa shape index (κ1) is 28.4. The fraction of sp³-hybridized carbons (Fsp3) is 0.536. The van der Waals surface area contributed by atoms with Crippen LogP contribution in [0, 0.1) is 13.8 Å². The van der Waals surface area contributed by atoms with Crippen LogP contribution in [-0.4, -0.2) is 74.3 Å². The monoisotopic (exact) mass is 563 g/mol. The minimum absolute atomic E-state index is 0. The van der Waals surface area contributed by atoms with Crippen LogP contribution >= 0.6 is 0 Å². The zero-order valence-electron chi connectivity index (χ0n) is 21.1. The van der Waals surface area contributed by atoms with E-state index in [2.05, 4.69) is 14.1 Å². The number of hydrogen-bond acceptors (Lipinski definition) is 6. The maximum absolute atomic E-state index is 13.8. The van der Waals surface area contributed by atoms with Gasteiger partial charge in [0.1, 0.15) is 41.9 Å². The molecular weight excluding hydrogens is 526 g/mol. The van der Waals surface area contributed by atoms with E-state index >= 15 is 0 Å². The summed E-state index contributed by atoms with van der Waals surface area (Å²) in [6, 6.07) is 11.2. The number of nitrogens with zero attached hydrogens (tertiary/aromatic N) is 1. The number of aryl methyl sites for hydroxylation is 2. The van der Waals surface area contributed by atoms with Gasteiger partial charge < -0.3 is 45.5 Å². The van der Waals surface area contributed by atoms with E-state index in [4.69, 9.17) is 18.9 Å². The van der Waals surface area contributed by atoms with Crippen LogP contribution in [-0.2, 0) is 19.9 Å². The van der Waals surface area contributed by atoms with Gasteiger partial charge in [0.2, 0.25) is 5.60 Å². The number of quaternary nitrogens is 1. The second kappa shape index (κ2) is 9.97. The molecule has 3 unspecified atom stereocenters. The lowest BCUT2D eigenvalue weighted by atomic mass is 9.84. The van der Waals surface area contributed by atoms with Crippen molar-refractivity contribution in [1.82, 2.24) is 0 Å². The van der Waals surface area contributed by atoms with E-state index in [1.165, 1.54) is 0 Å². The molecule has 0 spiro atoms. The highest BCUT2D eigenvalue weighted by Gasteiger charge is 2.71. The summed E-state index contributed by atoms with van der Waals surface area (Å²) in [6.45, 7) is 3.77. The number of epoxide rings is 1. The number of halogens is 1. The molecule has 2 bridgehead atoms. The maximum atomic E-state index is 13.8. The van der Waals surface area contributed by atoms with E-state index in [9.17, 15) is 9.90 Å². The van der Waals surface area contributed by atoms with Gasteiger partial charge in [0.05, 0.1) is 28.3 Å². The summed E-state index contributed by atoms with van der Waals surface area (Å²) in [7, 11) is 7.67. The summed E-state index contributed by atoms with van der Waals surface area (Å²) in [5.41, 5.74) is 0.573. The van der Waals surface area contributed by atoms with Crippen LogP contribution in [0.2, 0.25) is 0 Å². The fourth-order valence-corrected chi connectivity index (χ4v) is 6.15. The molecule has 0 saturated carbocycles. The Labute approximate surface area is 224 Å². The Morgan fingerprint density at radius 1 is 0.944 bits per heavy atom. The Balaban J connectivity index is 0.00000180. The third-order valence-corrected chi connectivity index (χ3v) is 8.23. The van der Waals surface area contributed by atoms with Crippen molar-refractivity contribution < 1.29 is 50.3 Å². The molecule has 3 aliphatic heterocycles. The summed E-state index contributed by atoms with van der Waals surface area (Å²) in [4.78, 5) is 13.8. The van der Waals surface area contributed by atoms with Gasteiger partial charge in [0, 0.05) is 12.8 Å². The van der Waals surface area contributed by atoms with Crippen LogP contribution < -0.4 is 26.5 Å². The average molecular weight is 565 g/mol. The molecule has 8 heteroatoms. The third kappa shape index (κ3) is 4.32. The molecule has 2 aromatic carbocycles. The van der Waals surface area contributed by atoms with Gasteiger partial charge in [-0.3, -0.25) is 0 Å². The van der Waals surface area contributed by atoms with Gasteiger partial charge >= 0.3 is 5.97 Å². The summed E-state index contributed by atoms with van der Waals surface area (Å²) in [5.74, 6) is 0.717. The molecule has 7 nitrogen and oxygen atoms in total. The molecular formula is C28H38BrNO6. The van der Waals surface area contributed by atoms with E-state index in [-0.39, 0.29) is 42.7 Å². The smallest absolute Gasteiger partial charge is 0.347 e. The van der Waals surface area contributed by atoms with Crippen LogP contribution in [0.25, 0.3) is 0 Å². The highest BCUT2D eigenvalue weighted by molar-refractivity contribution is 5.86. The molecule has 198 valence electrons. The Morgan fingerprint density at radius 3 is 1.78 bits per heavy atom. The summed E-state index contributed by atoms with van der Waals surface area (Å²) in [5, 5.41) is 12.1. The number of morpholine rings is 1. The Bertz CT molecular complexity index is 1060. The number of methoxy groups -OCH3 is 2. The molecule has 1 N–H and O–H groups in total. The molecule has 5 atom stereocenters. The van der Waals surface area contributed by atoms with Gasteiger partial charge in [-0.15, -0.1) is 0 Å². The first-order valence-electron chi connectivity index (χ1n) is 11.8. The van der Waals surface area contributed by atoms with E-state index < -0.39 is 11.6 Å². The topological polar surface area (TPSA) is 77.5 Å². The molecule has 0 aromatic heterocycles. The molecule has 3 aliphatic rings. The summed E-state index contributed by atoms with van der Waals surface area (Å²) >= 11 is 0. The van der Waals surface area contributed by atoms with Gasteiger partial charge in [-0.05, 0) is 60.4 Å². The SMILES string of the molecule is C.COc1ccc(C(O)(C(=O)OC2CC3C4O[C@@H]4[C@H](C2)[N+]3(C)C)c2ccc(OC)c(C)c2)cc1C.[Br-]. The molecule has 2 aromatic rings. The van der Waals surface area contributed by atoms with Crippen LogP contribution in [0.15, 0.2) is 36.4 Å². The van der Waals surface area contributed by atoms with Crippen LogP contribution in [0.5, 0.6) is 11.5 Å². The fourth-order valence-electron chi connectivity index (χ4n) is 6.15. The second-order valence-corrected chi connectivity index (χ2v) is 10.4. The number of carbonyl (C=O) groups is 1. The lowest BCUT2D eigenvalue weighted by Gasteiger charge is -2.45. The lowest BCUT2D eigenvalue weighted by molar-refractivity contribution is -0.938. The van der Waals surface area contributed by atoms with E-state index in [1.54, 1.807) is 50.6 Å². The summed E-state index contributed by atoms with van der Waals surface area (Å²) < 4.78 is 23.6. The summed E-state index contributed by atoms with van der Waals surface area (Å²) in [6.07, 6.45) is 1.73. The number of rotatable bonds is 6. The number of aliphatic hydroxyl groups is 1. The van der Waals surface area contributed by atoms with Gasteiger partial charge in [-0.2, -0.15) is 0 Å². The third-order valence-electron chi connectivity index (χ3n) is 8.23. The molecule has 36 heavy (non-hydrogen) atoms. The van der Waals surface area contributed by atoms with Gasteiger partial charge in [0.25, 0.3) is 0 Å². The van der Waals surface area contributed by atoms with E-state index in [0.717, 1.165) is 28.5 Å². The number of ether oxygens (including phenoxy) is 4. The van der Waals surface area contributed by atoms with Crippen molar-refractivity contribution in [3.05, 3.63) is 58.7 Å².